The number of hydrogen-bond donors (Lipinski definition) is 2. The largest absolute Gasteiger partial charge is 0.481 e. The van der Waals surface area contributed by atoms with Crippen LogP contribution in [0.4, 0.5) is 4.79 Å². The number of aromatic nitrogens is 1. The van der Waals surface area contributed by atoms with Gasteiger partial charge in [-0.15, -0.1) is 0 Å². The number of ether oxygens (including phenoxy) is 2. The van der Waals surface area contributed by atoms with E-state index >= 15 is 0 Å². The van der Waals surface area contributed by atoms with Crippen molar-refractivity contribution in [2.75, 3.05) is 7.11 Å². The van der Waals surface area contributed by atoms with Gasteiger partial charge in [-0.2, -0.15) is 0 Å². The lowest BCUT2D eigenvalue weighted by Gasteiger charge is -2.35. The molecular weight excluding hydrogens is 494 g/mol. The van der Waals surface area contributed by atoms with Gasteiger partial charge >= 0.3 is 12.1 Å². The van der Waals surface area contributed by atoms with Gasteiger partial charge in [0.25, 0.3) is 0 Å². The highest BCUT2D eigenvalue weighted by atomic mass is 16.6. The quantitative estimate of drug-likeness (QED) is 0.400. The third-order valence-electron chi connectivity index (χ3n) is 7.46. The van der Waals surface area contributed by atoms with Crippen LogP contribution in [0, 0.1) is 18.3 Å². The molecule has 1 fully saturated rings. The number of carbonyl (C=O) groups excluding carboxylic acids is 1. The highest BCUT2D eigenvalue weighted by molar-refractivity contribution is 5.83. The molecule has 39 heavy (non-hydrogen) atoms. The summed E-state index contributed by atoms with van der Waals surface area (Å²) in [5, 5.41) is 15.2. The van der Waals surface area contributed by atoms with Gasteiger partial charge < -0.3 is 19.9 Å². The van der Waals surface area contributed by atoms with E-state index in [1.807, 2.05) is 82.3 Å². The number of likely N-dealkylation sites (tertiary alicyclic amines) is 1. The lowest BCUT2D eigenvalue weighted by atomic mass is 9.72. The van der Waals surface area contributed by atoms with E-state index in [9.17, 15) is 14.7 Å². The highest BCUT2D eigenvalue weighted by Crippen LogP contribution is 2.49. The molecule has 0 unspecified atom stereocenters. The number of aliphatic carboxylic acids is 1. The van der Waals surface area contributed by atoms with Gasteiger partial charge in [0, 0.05) is 29.5 Å². The Bertz CT molecular complexity index is 1350. The molecule has 208 valence electrons. The maximum atomic E-state index is 13.6. The topological polar surface area (TPSA) is 101 Å². The van der Waals surface area contributed by atoms with Crippen molar-refractivity contribution in [3.63, 3.8) is 0 Å². The van der Waals surface area contributed by atoms with E-state index in [-0.39, 0.29) is 0 Å². The minimum absolute atomic E-state index is 0.375. The number of para-hydroxylation sites is 1. The molecule has 0 saturated carbocycles. The molecule has 1 aliphatic rings. The monoisotopic (exact) mass is 533 g/mol. The molecular formula is C31H39N3O5. The zero-order valence-electron chi connectivity index (χ0n) is 23.8. The van der Waals surface area contributed by atoms with Gasteiger partial charge in [0.1, 0.15) is 6.04 Å². The van der Waals surface area contributed by atoms with Crippen molar-refractivity contribution in [1.82, 2.24) is 15.2 Å². The Morgan fingerprint density at radius 1 is 1.10 bits per heavy atom. The molecule has 1 aliphatic heterocycles. The Balaban J connectivity index is 1.84. The SMILES string of the molecule is COc1nc2ccccc2cc1CN[C@H]1[C@H](C(C)(C)C)[C@@H](C(=O)O)N(C(=O)OC(C)C)[C@H]1c1ccccc1C. The zero-order chi connectivity index (χ0) is 28.5. The molecule has 4 atom stereocenters. The molecule has 0 spiro atoms. The predicted octanol–water partition coefficient (Wildman–Crippen LogP) is 5.73. The summed E-state index contributed by atoms with van der Waals surface area (Å²) in [4.78, 5) is 32.6. The smallest absolute Gasteiger partial charge is 0.411 e. The van der Waals surface area contributed by atoms with Crippen molar-refractivity contribution in [3.8, 4) is 5.88 Å². The first-order chi connectivity index (χ1) is 18.4. The molecule has 1 saturated heterocycles. The fourth-order valence-electron chi connectivity index (χ4n) is 5.86. The Morgan fingerprint density at radius 2 is 1.77 bits per heavy atom. The first-order valence-corrected chi connectivity index (χ1v) is 13.4. The number of carboxylic acid groups (broad SMARTS) is 1. The van der Waals surface area contributed by atoms with Gasteiger partial charge in [-0.1, -0.05) is 63.2 Å². The Labute approximate surface area is 230 Å². The van der Waals surface area contributed by atoms with E-state index in [4.69, 9.17) is 9.47 Å². The second kappa shape index (κ2) is 11.2. The molecule has 2 N–H and O–H groups in total. The summed E-state index contributed by atoms with van der Waals surface area (Å²) in [5.41, 5.74) is 3.08. The molecule has 1 amide bonds. The number of benzene rings is 2. The fraction of sp³-hybridized carbons (Fsp3) is 0.452. The maximum absolute atomic E-state index is 13.6. The zero-order valence-corrected chi connectivity index (χ0v) is 23.8. The van der Waals surface area contributed by atoms with Gasteiger partial charge in [0.2, 0.25) is 5.88 Å². The van der Waals surface area contributed by atoms with E-state index < -0.39 is 47.6 Å². The van der Waals surface area contributed by atoms with Gasteiger partial charge in [-0.3, -0.25) is 4.90 Å². The summed E-state index contributed by atoms with van der Waals surface area (Å²) in [6.45, 7) is 12.0. The molecule has 3 aromatic rings. The minimum Gasteiger partial charge on any atom is -0.481 e. The summed E-state index contributed by atoms with van der Waals surface area (Å²) < 4.78 is 11.3. The third kappa shape index (κ3) is 5.71. The van der Waals surface area contributed by atoms with Crippen molar-refractivity contribution in [1.29, 1.82) is 0 Å². The molecule has 0 bridgehead atoms. The number of fused-ring (bicyclic) bond motifs is 1. The summed E-state index contributed by atoms with van der Waals surface area (Å²) in [6.07, 6.45) is -1.02. The van der Waals surface area contributed by atoms with Crippen LogP contribution < -0.4 is 10.1 Å². The normalized spacial score (nSPS) is 21.4. The predicted molar refractivity (Wildman–Crippen MR) is 151 cm³/mol. The van der Waals surface area contributed by atoms with Crippen LogP contribution in [0.25, 0.3) is 10.9 Å². The lowest BCUT2D eigenvalue weighted by Crippen LogP contribution is -2.48. The highest BCUT2D eigenvalue weighted by Gasteiger charge is 2.58. The van der Waals surface area contributed by atoms with Crippen LogP contribution in [0.15, 0.2) is 54.6 Å². The number of hydrogen-bond acceptors (Lipinski definition) is 6. The number of carbonyl (C=O) groups is 2. The second-order valence-electron chi connectivity index (χ2n) is 11.6. The van der Waals surface area contributed by atoms with E-state index in [0.717, 1.165) is 27.6 Å². The number of carboxylic acids is 1. The van der Waals surface area contributed by atoms with E-state index in [1.54, 1.807) is 21.0 Å². The molecule has 0 aliphatic carbocycles. The molecule has 2 aromatic carbocycles. The van der Waals surface area contributed by atoms with Crippen molar-refractivity contribution in [3.05, 3.63) is 71.3 Å². The van der Waals surface area contributed by atoms with Gasteiger partial charge in [-0.25, -0.2) is 14.6 Å². The molecule has 8 heteroatoms. The van der Waals surface area contributed by atoms with E-state index in [0.29, 0.717) is 12.4 Å². The van der Waals surface area contributed by atoms with Crippen molar-refractivity contribution in [2.24, 2.45) is 11.3 Å². The fourth-order valence-corrected chi connectivity index (χ4v) is 5.86. The Kier molecular flexibility index (Phi) is 8.16. The average molecular weight is 534 g/mol. The number of rotatable bonds is 7. The van der Waals surface area contributed by atoms with E-state index in [1.165, 1.54) is 4.90 Å². The summed E-state index contributed by atoms with van der Waals surface area (Å²) in [7, 11) is 1.59. The summed E-state index contributed by atoms with van der Waals surface area (Å²) >= 11 is 0. The first kappa shape index (κ1) is 28.4. The molecule has 0 radical (unpaired) electrons. The Hall–Kier alpha value is -3.65. The van der Waals surface area contributed by atoms with Crippen LogP contribution >= 0.6 is 0 Å². The van der Waals surface area contributed by atoms with Crippen molar-refractivity contribution in [2.45, 2.75) is 72.3 Å². The minimum atomic E-state index is -1.09. The summed E-state index contributed by atoms with van der Waals surface area (Å²) in [5.74, 6) is -0.980. The van der Waals surface area contributed by atoms with Crippen molar-refractivity contribution < 1.29 is 24.2 Å². The number of methoxy groups -OCH3 is 1. The first-order valence-electron chi connectivity index (χ1n) is 13.4. The average Bonchev–Trinajstić information content (AvgIpc) is 3.22. The van der Waals surface area contributed by atoms with Crippen LogP contribution in [0.3, 0.4) is 0 Å². The van der Waals surface area contributed by atoms with Crippen LogP contribution in [-0.4, -0.2) is 52.4 Å². The van der Waals surface area contributed by atoms with Gasteiger partial charge in [-0.05, 0) is 49.4 Å². The number of pyridine rings is 1. The maximum Gasteiger partial charge on any atom is 0.411 e. The summed E-state index contributed by atoms with van der Waals surface area (Å²) in [6, 6.07) is 15.6. The van der Waals surface area contributed by atoms with Crippen LogP contribution in [-0.2, 0) is 16.1 Å². The Morgan fingerprint density at radius 3 is 2.38 bits per heavy atom. The van der Waals surface area contributed by atoms with Crippen LogP contribution in [0.2, 0.25) is 0 Å². The number of aryl methyl sites for hydroxylation is 1. The van der Waals surface area contributed by atoms with Crippen molar-refractivity contribution >= 4 is 23.0 Å². The molecule has 8 nitrogen and oxygen atoms in total. The van der Waals surface area contributed by atoms with Crippen LogP contribution in [0.1, 0.15) is 57.4 Å². The number of amides is 1. The molecule has 4 rings (SSSR count). The second-order valence-corrected chi connectivity index (χ2v) is 11.6. The lowest BCUT2D eigenvalue weighted by molar-refractivity contribution is -0.144. The number of nitrogens with zero attached hydrogens (tertiary/aromatic N) is 2. The number of nitrogens with one attached hydrogen (secondary N) is 1. The van der Waals surface area contributed by atoms with Gasteiger partial charge in [0.05, 0.1) is 24.8 Å². The van der Waals surface area contributed by atoms with E-state index in [2.05, 4.69) is 10.3 Å². The standard InChI is InChI=1S/C31H39N3O5/c1-18(2)39-30(37)34-26(22-14-10-8-12-19(22)3)25(24(31(4,5)6)27(34)29(35)36)32-17-21-16-20-13-9-11-15-23(20)33-28(21)38-7/h8-16,18,24-27,32H,17H2,1-7H3,(H,35,36)/t24-,25-,26-,27-/m0/s1. The van der Waals surface area contributed by atoms with Crippen LogP contribution in [0.5, 0.6) is 5.88 Å². The molecule has 1 aromatic heterocycles. The molecule has 2 heterocycles. The van der Waals surface area contributed by atoms with Gasteiger partial charge in [0.15, 0.2) is 0 Å². The third-order valence-corrected chi connectivity index (χ3v) is 7.46.